The van der Waals surface area contributed by atoms with Crippen molar-refractivity contribution in [2.75, 3.05) is 13.1 Å². The van der Waals surface area contributed by atoms with Gasteiger partial charge in [0.25, 0.3) is 0 Å². The first-order valence-corrected chi connectivity index (χ1v) is 7.70. The van der Waals surface area contributed by atoms with Crippen molar-refractivity contribution in [3.8, 4) is 0 Å². The Balaban J connectivity index is 1.49. The Morgan fingerprint density at radius 1 is 1.25 bits per heavy atom. The maximum absolute atomic E-state index is 5.87. The van der Waals surface area contributed by atoms with E-state index in [0.29, 0.717) is 6.04 Å². The van der Waals surface area contributed by atoms with E-state index in [4.69, 9.17) is 4.42 Å². The molecule has 1 aromatic heterocycles. The van der Waals surface area contributed by atoms with Crippen LogP contribution in [0.3, 0.4) is 0 Å². The summed E-state index contributed by atoms with van der Waals surface area (Å²) in [4.78, 5) is 7.16. The van der Waals surface area contributed by atoms with Crippen LogP contribution in [-0.4, -0.2) is 35.1 Å². The molecule has 2 aliphatic rings. The molecule has 1 aromatic carbocycles. The number of oxazole rings is 1. The van der Waals surface area contributed by atoms with E-state index < -0.39 is 0 Å². The molecule has 2 fully saturated rings. The Hall–Kier alpha value is -1.39. The van der Waals surface area contributed by atoms with E-state index in [1.165, 1.54) is 32.2 Å². The average molecular weight is 271 g/mol. The van der Waals surface area contributed by atoms with Crippen LogP contribution in [0.25, 0.3) is 11.1 Å². The number of nitrogens with one attached hydrogen (secondary N) is 1. The van der Waals surface area contributed by atoms with Crippen LogP contribution in [0.5, 0.6) is 0 Å². The number of hydrogen-bond donors (Lipinski definition) is 1. The molecule has 4 rings (SSSR count). The van der Waals surface area contributed by atoms with Gasteiger partial charge >= 0.3 is 0 Å². The second-order valence-electron chi connectivity index (χ2n) is 6.03. The monoisotopic (exact) mass is 271 g/mol. The fraction of sp³-hybridized carbons (Fsp3) is 0.562. The Morgan fingerprint density at radius 2 is 2.15 bits per heavy atom. The molecular weight excluding hydrogens is 250 g/mol. The highest BCUT2D eigenvalue weighted by Crippen LogP contribution is 2.29. The highest BCUT2D eigenvalue weighted by atomic mass is 16.3. The van der Waals surface area contributed by atoms with E-state index >= 15 is 0 Å². The average Bonchev–Trinajstić information content (AvgIpc) is 3.03. The Labute approximate surface area is 119 Å². The van der Waals surface area contributed by atoms with E-state index in [0.717, 1.165) is 36.1 Å². The van der Waals surface area contributed by atoms with Gasteiger partial charge in [-0.05, 0) is 44.4 Å². The van der Waals surface area contributed by atoms with Crippen LogP contribution in [0, 0.1) is 0 Å². The fourth-order valence-electron chi connectivity index (χ4n) is 3.14. The number of rotatable bonds is 5. The van der Waals surface area contributed by atoms with E-state index in [-0.39, 0.29) is 0 Å². The maximum Gasteiger partial charge on any atom is 0.209 e. The van der Waals surface area contributed by atoms with E-state index in [1.54, 1.807) is 0 Å². The van der Waals surface area contributed by atoms with Gasteiger partial charge in [0, 0.05) is 18.6 Å². The van der Waals surface area contributed by atoms with Gasteiger partial charge < -0.3 is 9.73 Å². The molecule has 0 bridgehead atoms. The van der Waals surface area contributed by atoms with Crippen molar-refractivity contribution in [3.05, 3.63) is 30.2 Å². The third-order valence-electron chi connectivity index (χ3n) is 4.36. The first-order valence-electron chi connectivity index (χ1n) is 7.70. The molecule has 106 valence electrons. The largest absolute Gasteiger partial charge is 0.439 e. The molecule has 2 aromatic rings. The van der Waals surface area contributed by atoms with Crippen LogP contribution < -0.4 is 5.32 Å². The molecule has 1 aliphatic carbocycles. The van der Waals surface area contributed by atoms with Gasteiger partial charge in [-0.1, -0.05) is 12.1 Å². The van der Waals surface area contributed by atoms with Crippen molar-refractivity contribution < 1.29 is 4.42 Å². The molecule has 4 heteroatoms. The zero-order valence-corrected chi connectivity index (χ0v) is 11.7. The number of para-hydroxylation sites is 2. The zero-order valence-electron chi connectivity index (χ0n) is 11.7. The number of nitrogens with zero attached hydrogens (tertiary/aromatic N) is 2. The molecule has 2 heterocycles. The molecule has 1 saturated carbocycles. The highest BCUT2D eigenvalue weighted by molar-refractivity contribution is 5.72. The summed E-state index contributed by atoms with van der Waals surface area (Å²) in [7, 11) is 0. The maximum atomic E-state index is 5.87. The van der Waals surface area contributed by atoms with Crippen molar-refractivity contribution in [2.45, 2.75) is 44.3 Å². The minimum absolute atomic E-state index is 0.653. The van der Waals surface area contributed by atoms with Crippen LogP contribution in [0.1, 0.15) is 31.6 Å². The van der Waals surface area contributed by atoms with Crippen molar-refractivity contribution in [2.24, 2.45) is 0 Å². The Bertz CT molecular complexity index is 551. The van der Waals surface area contributed by atoms with Gasteiger partial charge in [-0.2, -0.15) is 0 Å². The summed E-state index contributed by atoms with van der Waals surface area (Å²) < 4.78 is 5.87. The lowest BCUT2D eigenvalue weighted by atomic mass is 10.2. The van der Waals surface area contributed by atoms with Crippen LogP contribution in [0.4, 0.5) is 0 Å². The lowest BCUT2D eigenvalue weighted by molar-refractivity contribution is 0.212. The summed E-state index contributed by atoms with van der Waals surface area (Å²) in [6.45, 7) is 3.15. The van der Waals surface area contributed by atoms with Crippen LogP contribution >= 0.6 is 0 Å². The molecule has 1 atom stereocenters. The molecule has 1 N–H and O–H groups in total. The SMILES string of the molecule is c1ccc2oc(CN(CC3CCCN3)C3CC3)nc2c1. The predicted molar refractivity (Wildman–Crippen MR) is 78.5 cm³/mol. The third-order valence-corrected chi connectivity index (χ3v) is 4.36. The van der Waals surface area contributed by atoms with Gasteiger partial charge in [0.1, 0.15) is 5.52 Å². The van der Waals surface area contributed by atoms with Crippen LogP contribution in [0.15, 0.2) is 28.7 Å². The summed E-state index contributed by atoms with van der Waals surface area (Å²) in [5.74, 6) is 0.857. The first kappa shape index (κ1) is 12.4. The topological polar surface area (TPSA) is 41.3 Å². The summed E-state index contributed by atoms with van der Waals surface area (Å²) >= 11 is 0. The summed E-state index contributed by atoms with van der Waals surface area (Å²) in [5, 5.41) is 3.59. The van der Waals surface area contributed by atoms with Gasteiger partial charge in [-0.25, -0.2) is 4.98 Å². The Kier molecular flexibility index (Phi) is 3.20. The second kappa shape index (κ2) is 5.19. The molecule has 20 heavy (non-hydrogen) atoms. The van der Waals surface area contributed by atoms with Crippen molar-refractivity contribution in [1.82, 2.24) is 15.2 Å². The lowest BCUT2D eigenvalue weighted by Crippen LogP contribution is -2.38. The van der Waals surface area contributed by atoms with E-state index in [9.17, 15) is 0 Å². The molecular formula is C16H21N3O. The molecule has 0 radical (unpaired) electrons. The molecule has 1 unspecified atom stereocenters. The first-order chi connectivity index (χ1) is 9.88. The number of benzene rings is 1. The zero-order chi connectivity index (χ0) is 13.4. The minimum atomic E-state index is 0.653. The van der Waals surface area contributed by atoms with Gasteiger partial charge in [-0.3, -0.25) is 4.90 Å². The van der Waals surface area contributed by atoms with Gasteiger partial charge in [0.2, 0.25) is 5.89 Å². The summed E-state index contributed by atoms with van der Waals surface area (Å²) in [5.41, 5.74) is 1.87. The number of hydrogen-bond acceptors (Lipinski definition) is 4. The van der Waals surface area contributed by atoms with E-state index in [1.807, 2.05) is 24.3 Å². The van der Waals surface area contributed by atoms with Gasteiger partial charge in [0.05, 0.1) is 6.54 Å². The fourth-order valence-corrected chi connectivity index (χ4v) is 3.14. The third kappa shape index (κ3) is 2.58. The minimum Gasteiger partial charge on any atom is -0.439 e. The molecule has 4 nitrogen and oxygen atoms in total. The summed E-state index contributed by atoms with van der Waals surface area (Å²) in [6, 6.07) is 9.41. The highest BCUT2D eigenvalue weighted by Gasteiger charge is 2.32. The quantitative estimate of drug-likeness (QED) is 0.907. The molecule has 1 saturated heterocycles. The predicted octanol–water partition coefficient (Wildman–Crippen LogP) is 2.54. The molecule has 0 amide bonds. The van der Waals surface area contributed by atoms with Crippen molar-refractivity contribution in [1.29, 1.82) is 0 Å². The smallest absolute Gasteiger partial charge is 0.209 e. The van der Waals surface area contributed by atoms with Crippen LogP contribution in [0.2, 0.25) is 0 Å². The van der Waals surface area contributed by atoms with Crippen molar-refractivity contribution in [3.63, 3.8) is 0 Å². The lowest BCUT2D eigenvalue weighted by Gasteiger charge is -2.24. The van der Waals surface area contributed by atoms with Crippen molar-refractivity contribution >= 4 is 11.1 Å². The van der Waals surface area contributed by atoms with E-state index in [2.05, 4.69) is 15.2 Å². The van der Waals surface area contributed by atoms with Gasteiger partial charge in [0.15, 0.2) is 5.58 Å². The normalized spacial score (nSPS) is 22.9. The van der Waals surface area contributed by atoms with Crippen LogP contribution in [-0.2, 0) is 6.54 Å². The standard InChI is InChI=1S/C16H21N3O/c1-2-6-15-14(5-1)18-16(20-15)11-19(13-7-8-13)10-12-4-3-9-17-12/h1-2,5-6,12-13,17H,3-4,7-11H2. The number of aromatic nitrogens is 1. The second-order valence-corrected chi connectivity index (χ2v) is 6.03. The molecule has 0 spiro atoms. The van der Waals surface area contributed by atoms with Gasteiger partial charge in [-0.15, -0.1) is 0 Å². The summed E-state index contributed by atoms with van der Waals surface area (Å²) in [6.07, 6.45) is 5.27. The Morgan fingerprint density at radius 3 is 2.90 bits per heavy atom. The number of fused-ring (bicyclic) bond motifs is 1. The molecule has 1 aliphatic heterocycles.